The first-order chi connectivity index (χ1) is 33.5. The minimum Gasteiger partial charge on any atom is -0.455 e. The van der Waals surface area contributed by atoms with Crippen LogP contribution in [0.3, 0.4) is 0 Å². The number of anilines is 2. The lowest BCUT2D eigenvalue weighted by Gasteiger charge is -2.42. The largest absolute Gasteiger partial charge is 0.455 e. The molecular formula is C64H56BN3O2. The van der Waals surface area contributed by atoms with Crippen LogP contribution in [0.5, 0.6) is 0 Å². The van der Waals surface area contributed by atoms with Crippen LogP contribution in [-0.2, 0) is 21.7 Å². The van der Waals surface area contributed by atoms with E-state index in [9.17, 15) is 0 Å². The molecule has 0 radical (unpaired) electrons. The van der Waals surface area contributed by atoms with Crippen molar-refractivity contribution < 1.29 is 8.83 Å². The Balaban J connectivity index is 1.14. The highest BCUT2D eigenvalue weighted by Gasteiger charge is 2.41. The van der Waals surface area contributed by atoms with Crippen LogP contribution in [0.4, 0.5) is 11.4 Å². The molecule has 1 aliphatic heterocycles. The van der Waals surface area contributed by atoms with Crippen LogP contribution in [0.15, 0.2) is 148 Å². The van der Waals surface area contributed by atoms with Crippen LogP contribution < -0.4 is 16.2 Å². The van der Waals surface area contributed by atoms with Crippen LogP contribution >= 0.6 is 0 Å². The van der Waals surface area contributed by atoms with Gasteiger partial charge in [-0.2, -0.15) is 0 Å². The zero-order valence-electron chi connectivity index (χ0n) is 41.6. The molecule has 0 amide bonds. The third-order valence-electron chi connectivity index (χ3n) is 16.8. The molecule has 6 heteroatoms. The molecule has 3 aromatic heterocycles. The molecule has 4 heterocycles. The summed E-state index contributed by atoms with van der Waals surface area (Å²) >= 11 is 0. The fourth-order valence-corrected chi connectivity index (χ4v) is 12.8. The number of oxazole rings is 1. The Morgan fingerprint density at radius 1 is 0.614 bits per heavy atom. The zero-order chi connectivity index (χ0) is 47.8. The summed E-state index contributed by atoms with van der Waals surface area (Å²) < 4.78 is 16.6. The highest BCUT2D eigenvalue weighted by molar-refractivity contribution is 6.74. The monoisotopic (exact) mass is 909 g/mol. The molecule has 0 fully saturated rings. The second-order valence-corrected chi connectivity index (χ2v) is 23.5. The fourth-order valence-electron chi connectivity index (χ4n) is 12.8. The molecule has 342 valence electrons. The van der Waals surface area contributed by atoms with Gasteiger partial charge in [0, 0.05) is 55.8 Å². The van der Waals surface area contributed by atoms with Crippen molar-refractivity contribution in [2.24, 2.45) is 0 Å². The molecular weight excluding hydrogens is 854 g/mol. The van der Waals surface area contributed by atoms with Crippen molar-refractivity contribution in [2.45, 2.75) is 96.8 Å². The number of rotatable bonds is 4. The minimum absolute atomic E-state index is 0.00948. The lowest BCUT2D eigenvalue weighted by atomic mass is 9.58. The summed E-state index contributed by atoms with van der Waals surface area (Å²) in [5, 5.41) is 8.75. The third-order valence-corrected chi connectivity index (χ3v) is 16.8. The van der Waals surface area contributed by atoms with Crippen molar-refractivity contribution >= 4 is 84.4 Å². The van der Waals surface area contributed by atoms with Gasteiger partial charge in [-0.3, -0.25) is 0 Å². The molecule has 0 saturated heterocycles. The Labute approximate surface area is 409 Å². The third kappa shape index (κ3) is 5.76. The second kappa shape index (κ2) is 13.9. The lowest BCUT2D eigenvalue weighted by molar-refractivity contribution is 0.332. The van der Waals surface area contributed by atoms with Gasteiger partial charge in [0.1, 0.15) is 16.7 Å². The molecule has 5 nitrogen and oxygen atoms in total. The number of hydrogen-bond acceptors (Lipinski definition) is 4. The van der Waals surface area contributed by atoms with Crippen LogP contribution in [0, 0.1) is 0 Å². The summed E-state index contributed by atoms with van der Waals surface area (Å²) in [7, 11) is 0.700. The number of para-hydroxylation sites is 1. The van der Waals surface area contributed by atoms with Crippen molar-refractivity contribution in [1.29, 1.82) is 0 Å². The summed E-state index contributed by atoms with van der Waals surface area (Å²) in [5.74, 6) is 0.633. The van der Waals surface area contributed by atoms with E-state index in [1.807, 2.05) is 18.2 Å². The highest BCUT2D eigenvalue weighted by atomic mass is 16.3. The predicted octanol–water partition coefficient (Wildman–Crippen LogP) is 15.6. The highest BCUT2D eigenvalue weighted by Crippen LogP contribution is 2.55. The maximum absolute atomic E-state index is 7.34. The molecule has 2 aliphatic carbocycles. The summed E-state index contributed by atoms with van der Waals surface area (Å²) in [6.45, 7) is 21.3. The minimum atomic E-state index is -0.194. The van der Waals surface area contributed by atoms with Crippen molar-refractivity contribution in [3.05, 3.63) is 167 Å². The summed E-state index contributed by atoms with van der Waals surface area (Å²) in [6.07, 6.45) is 2.27. The number of furan rings is 1. The number of fused-ring (bicyclic) bond motifs is 14. The van der Waals surface area contributed by atoms with E-state index in [0.717, 1.165) is 74.1 Å². The van der Waals surface area contributed by atoms with Gasteiger partial charge in [0.15, 0.2) is 12.9 Å². The van der Waals surface area contributed by atoms with Crippen LogP contribution in [0.2, 0.25) is 0 Å². The molecule has 11 aromatic rings. The van der Waals surface area contributed by atoms with Gasteiger partial charge < -0.3 is 18.7 Å². The van der Waals surface area contributed by atoms with Gasteiger partial charge in [-0.05, 0) is 140 Å². The molecule has 70 heavy (non-hydrogen) atoms. The average Bonchev–Trinajstić information content (AvgIpc) is 4.09. The van der Waals surface area contributed by atoms with E-state index in [-0.39, 0.29) is 21.7 Å². The first-order valence-corrected chi connectivity index (χ1v) is 25.2. The van der Waals surface area contributed by atoms with Crippen LogP contribution in [-0.4, -0.2) is 16.8 Å². The van der Waals surface area contributed by atoms with E-state index in [0.29, 0.717) is 13.2 Å². The van der Waals surface area contributed by atoms with E-state index in [2.05, 4.69) is 194 Å². The molecule has 0 spiro atoms. The Morgan fingerprint density at radius 3 is 2.10 bits per heavy atom. The zero-order valence-corrected chi connectivity index (χ0v) is 41.6. The van der Waals surface area contributed by atoms with E-state index >= 15 is 0 Å². The van der Waals surface area contributed by atoms with Gasteiger partial charge in [-0.15, -0.1) is 0 Å². The summed E-state index contributed by atoms with van der Waals surface area (Å²) in [6, 6.07) is 51.6. The second-order valence-electron chi connectivity index (χ2n) is 23.5. The van der Waals surface area contributed by atoms with Gasteiger partial charge >= 0.3 is 0 Å². The van der Waals surface area contributed by atoms with Gasteiger partial charge in [-0.25, -0.2) is 4.98 Å². The smallest absolute Gasteiger partial charge is 0.227 e. The molecule has 0 unspecified atom stereocenters. The fraction of sp³-hybridized carbons (Fsp3) is 0.234. The lowest BCUT2D eigenvalue weighted by Crippen LogP contribution is -2.37. The van der Waals surface area contributed by atoms with Crippen molar-refractivity contribution in [2.75, 3.05) is 5.32 Å². The predicted molar refractivity (Wildman–Crippen MR) is 294 cm³/mol. The van der Waals surface area contributed by atoms with Gasteiger partial charge in [-0.1, -0.05) is 141 Å². The van der Waals surface area contributed by atoms with E-state index in [1.54, 1.807) is 0 Å². The first-order valence-electron chi connectivity index (χ1n) is 25.2. The van der Waals surface area contributed by atoms with Crippen LogP contribution in [0.25, 0.3) is 94.2 Å². The number of benzene rings is 8. The number of aromatic nitrogens is 2. The molecule has 14 rings (SSSR count). The Hall–Kier alpha value is -7.31. The van der Waals surface area contributed by atoms with Crippen molar-refractivity contribution in [3.63, 3.8) is 0 Å². The van der Waals surface area contributed by atoms with E-state index in [1.165, 1.54) is 77.2 Å². The number of nitrogens with one attached hydrogen (secondary N) is 1. The molecule has 8 aromatic carbocycles. The molecule has 0 saturated carbocycles. The average molecular weight is 910 g/mol. The Bertz CT molecular complexity index is 4060. The normalized spacial score (nSPS) is 16.1. The first kappa shape index (κ1) is 41.6. The maximum Gasteiger partial charge on any atom is 0.227 e. The van der Waals surface area contributed by atoms with Gasteiger partial charge in [0.25, 0.3) is 0 Å². The molecule has 0 bridgehead atoms. The summed E-state index contributed by atoms with van der Waals surface area (Å²) in [5.41, 5.74) is 24.3. The quantitative estimate of drug-likeness (QED) is 0.179. The maximum atomic E-state index is 7.34. The Kier molecular flexibility index (Phi) is 8.29. The Morgan fingerprint density at radius 2 is 1.33 bits per heavy atom. The molecule has 3 aliphatic rings. The summed E-state index contributed by atoms with van der Waals surface area (Å²) in [4.78, 5) is 5.16. The SMILES string of the molecule is CC(C)(C)c1ccc(Nc2cc3c(cc2-c2c4c5c(c6cc7c(cc6n5-c5cc6oc(-c8ccccc8)nc6cc5B4)C(C)(C)CCC7(C)C)c4oc5ccccc5c24)-c2ccccc2C3(C)C)cc1. The van der Waals surface area contributed by atoms with Crippen molar-refractivity contribution in [3.8, 4) is 39.4 Å². The standard InChI is InChI=1S/C64H56BN3O2/c1-61(2,3)36-23-25-37(26-24-36)66-48-31-44-40(38-19-13-15-21-43(38)64(44,8)9)29-41(48)54-55-39-20-14-16-22-52(39)69-59(55)56-42-30-45-46(63(6,7)28-27-62(45,4)5)32-50(42)68-51-34-53-49(33-47(51)65-57(54)58(56)68)67-60(70-53)35-17-11-10-12-18-35/h10-26,29-34,65-66H,27-28H2,1-9H3. The molecule has 1 N–H and O–H groups in total. The van der Waals surface area contributed by atoms with Crippen molar-refractivity contribution in [1.82, 2.24) is 9.55 Å². The van der Waals surface area contributed by atoms with E-state index in [4.69, 9.17) is 13.8 Å². The van der Waals surface area contributed by atoms with Gasteiger partial charge in [0.05, 0.1) is 16.4 Å². The molecule has 0 atom stereocenters. The number of hydrogen-bond donors (Lipinski definition) is 1. The van der Waals surface area contributed by atoms with E-state index < -0.39 is 0 Å². The topological polar surface area (TPSA) is 56.1 Å². The van der Waals surface area contributed by atoms with Gasteiger partial charge in [0.2, 0.25) is 5.89 Å². The number of nitrogens with zero attached hydrogens (tertiary/aromatic N) is 2. The van der Waals surface area contributed by atoms with Crippen LogP contribution in [0.1, 0.15) is 103 Å².